The fourth-order valence-electron chi connectivity index (χ4n) is 6.49. The van der Waals surface area contributed by atoms with E-state index in [0.717, 1.165) is 22.5 Å². The summed E-state index contributed by atoms with van der Waals surface area (Å²) in [5.41, 5.74) is 11.6. The van der Waals surface area contributed by atoms with E-state index in [1.54, 1.807) is 0 Å². The van der Waals surface area contributed by atoms with Crippen molar-refractivity contribution in [2.45, 2.75) is 33.5 Å². The van der Waals surface area contributed by atoms with Crippen molar-refractivity contribution in [2.75, 3.05) is 0 Å². The molecule has 8 rings (SSSR count). The van der Waals surface area contributed by atoms with Crippen molar-refractivity contribution in [2.24, 2.45) is 0 Å². The number of hydrogen-bond donors (Lipinski definition) is 0. The first-order chi connectivity index (χ1) is 23.8. The molecule has 0 saturated heterocycles. The third kappa shape index (κ3) is 7.33. The molecule has 8 aromatic rings. The Bertz CT molecular complexity index is 2380. The fourth-order valence-corrected chi connectivity index (χ4v) is 9.43. The molecule has 2 nitrogen and oxygen atoms in total. The van der Waals surface area contributed by atoms with Crippen LogP contribution in [-0.2, 0) is 20.1 Å². The number of aryl methyl sites for hydroxylation is 2. The summed E-state index contributed by atoms with van der Waals surface area (Å²) in [6.07, 6.45) is 4.05. The number of hydrogen-bond acceptors (Lipinski definition) is 3. The van der Waals surface area contributed by atoms with Gasteiger partial charge in [0.2, 0.25) is 0 Å². The maximum absolute atomic E-state index is 4.86. The molecule has 0 spiro atoms. The first-order valence-corrected chi connectivity index (χ1v) is 21.0. The van der Waals surface area contributed by atoms with Gasteiger partial charge in [-0.2, -0.15) is 11.3 Å². The molecule has 0 saturated carbocycles. The average molecular weight is 859 g/mol. The molecule has 0 aliphatic heterocycles. The van der Waals surface area contributed by atoms with Gasteiger partial charge in [0, 0.05) is 42.8 Å². The molecule has 0 bridgehead atoms. The van der Waals surface area contributed by atoms with Crippen LogP contribution in [-0.4, -0.2) is 18.0 Å². The van der Waals surface area contributed by atoms with Crippen LogP contribution in [0, 0.1) is 26.0 Å². The second kappa shape index (κ2) is 15.2. The Hall–Kier alpha value is -4.51. The molecule has 50 heavy (non-hydrogen) atoms. The van der Waals surface area contributed by atoms with E-state index in [2.05, 4.69) is 154 Å². The molecule has 3 heterocycles. The van der Waals surface area contributed by atoms with E-state index in [0.29, 0.717) is 0 Å². The van der Waals surface area contributed by atoms with Gasteiger partial charge in [0.25, 0.3) is 0 Å². The van der Waals surface area contributed by atoms with Crippen molar-refractivity contribution < 1.29 is 20.1 Å². The monoisotopic (exact) mass is 859 g/mol. The SMILES string of the molecule is Cc1cc(-c2[c-]ccc3c2sc2cccc(-c4ccccc4)c23)ncc1-c1ccccc1.Cc1cc(-c2[c-]cccc2)ncc1[Si](C)(C)C.[Ir]. The zero-order valence-corrected chi connectivity index (χ0v) is 33.1. The summed E-state index contributed by atoms with van der Waals surface area (Å²) in [5.74, 6) is 0. The largest absolute Gasteiger partial charge is 0.305 e. The minimum absolute atomic E-state index is 0. The number of thiophene rings is 1. The van der Waals surface area contributed by atoms with Gasteiger partial charge in [0.15, 0.2) is 0 Å². The minimum Gasteiger partial charge on any atom is -0.305 e. The molecule has 0 atom stereocenters. The second-order valence-electron chi connectivity index (χ2n) is 13.4. The normalized spacial score (nSPS) is 11.1. The standard InChI is InChI=1S/C30H20NS.C15H18NSi.Ir/c1-20-18-27(31-19-26(20)22-12-6-3-7-13-22)24-15-8-16-25-29-23(21-10-4-2-5-11-21)14-9-17-28(29)32-30(24)25;1-12-10-14(13-8-6-5-7-9-13)16-11-15(12)17(2,3)4;/h2-14,16-19H,1H3;5-8,10-11H,1-4H3;/q2*-1;. The predicted octanol–water partition coefficient (Wildman–Crippen LogP) is 12.0. The van der Waals surface area contributed by atoms with Gasteiger partial charge in [0.05, 0.1) is 8.07 Å². The molecule has 249 valence electrons. The summed E-state index contributed by atoms with van der Waals surface area (Å²) in [6.45, 7) is 11.4. The summed E-state index contributed by atoms with van der Waals surface area (Å²) >= 11 is 1.83. The Morgan fingerprint density at radius 2 is 1.26 bits per heavy atom. The molecular weight excluding hydrogens is 821 g/mol. The Labute approximate surface area is 314 Å². The van der Waals surface area contributed by atoms with Gasteiger partial charge in [-0.1, -0.05) is 116 Å². The van der Waals surface area contributed by atoms with Gasteiger partial charge in [0.1, 0.15) is 0 Å². The van der Waals surface area contributed by atoms with Crippen LogP contribution in [0.2, 0.25) is 19.6 Å². The molecule has 0 aliphatic carbocycles. The number of rotatable bonds is 5. The fraction of sp³-hybridized carbons (Fsp3) is 0.111. The summed E-state index contributed by atoms with van der Waals surface area (Å²) in [7, 11) is -1.27. The maximum atomic E-state index is 4.86. The molecular formula is C45H38IrN2SSi-2. The molecule has 0 aliphatic rings. The zero-order valence-electron chi connectivity index (χ0n) is 28.9. The molecule has 0 fully saturated rings. The van der Waals surface area contributed by atoms with Crippen LogP contribution in [0.4, 0.5) is 0 Å². The zero-order chi connectivity index (χ0) is 34.0. The van der Waals surface area contributed by atoms with E-state index in [-0.39, 0.29) is 20.1 Å². The van der Waals surface area contributed by atoms with Crippen molar-refractivity contribution >= 4 is 44.8 Å². The third-order valence-electron chi connectivity index (χ3n) is 8.90. The van der Waals surface area contributed by atoms with Crippen molar-refractivity contribution in [1.29, 1.82) is 0 Å². The van der Waals surface area contributed by atoms with E-state index in [4.69, 9.17) is 4.98 Å². The van der Waals surface area contributed by atoms with Crippen molar-refractivity contribution in [1.82, 2.24) is 9.97 Å². The van der Waals surface area contributed by atoms with Gasteiger partial charge >= 0.3 is 0 Å². The quantitative estimate of drug-likeness (QED) is 0.127. The van der Waals surface area contributed by atoms with E-state index in [1.165, 1.54) is 58.7 Å². The van der Waals surface area contributed by atoms with Crippen LogP contribution in [0.25, 0.3) is 64.9 Å². The van der Waals surface area contributed by atoms with E-state index in [9.17, 15) is 0 Å². The van der Waals surface area contributed by atoms with Gasteiger partial charge in [-0.25, -0.2) is 0 Å². The minimum atomic E-state index is -1.27. The Balaban J connectivity index is 0.000000204. The van der Waals surface area contributed by atoms with Gasteiger partial charge in [-0.05, 0) is 68.8 Å². The number of nitrogens with zero attached hydrogens (tertiary/aromatic N) is 2. The first kappa shape index (κ1) is 35.3. The number of benzene rings is 5. The van der Waals surface area contributed by atoms with Crippen LogP contribution in [0.15, 0.2) is 140 Å². The van der Waals surface area contributed by atoms with Crippen LogP contribution >= 0.6 is 11.3 Å². The molecule has 5 aromatic carbocycles. The smallest absolute Gasteiger partial charge is 0.0798 e. The Morgan fingerprint density at radius 1 is 0.600 bits per heavy atom. The molecule has 5 heteroatoms. The number of fused-ring (bicyclic) bond motifs is 3. The van der Waals surface area contributed by atoms with Crippen LogP contribution in [0.1, 0.15) is 11.1 Å². The first-order valence-electron chi connectivity index (χ1n) is 16.7. The average Bonchev–Trinajstić information content (AvgIpc) is 3.52. The number of pyridine rings is 2. The van der Waals surface area contributed by atoms with Crippen LogP contribution in [0.3, 0.4) is 0 Å². The Morgan fingerprint density at radius 3 is 1.90 bits per heavy atom. The summed E-state index contributed by atoms with van der Waals surface area (Å²) in [5, 5.41) is 4.02. The molecule has 1 radical (unpaired) electrons. The van der Waals surface area contributed by atoms with E-state index in [1.807, 2.05) is 47.9 Å². The maximum Gasteiger partial charge on any atom is 0.0798 e. The second-order valence-corrected chi connectivity index (χ2v) is 19.5. The van der Waals surface area contributed by atoms with E-state index < -0.39 is 8.07 Å². The molecule has 0 amide bonds. The summed E-state index contributed by atoms with van der Waals surface area (Å²) in [4.78, 5) is 9.44. The van der Waals surface area contributed by atoms with Crippen molar-refractivity contribution in [3.63, 3.8) is 0 Å². The number of aromatic nitrogens is 2. The topological polar surface area (TPSA) is 25.8 Å². The van der Waals surface area contributed by atoms with Gasteiger partial charge in [-0.3, -0.25) is 0 Å². The predicted molar refractivity (Wildman–Crippen MR) is 213 cm³/mol. The molecule has 3 aromatic heterocycles. The van der Waals surface area contributed by atoms with Crippen molar-refractivity contribution in [3.05, 3.63) is 163 Å². The van der Waals surface area contributed by atoms with E-state index >= 15 is 0 Å². The summed E-state index contributed by atoms with van der Waals surface area (Å²) in [6, 6.07) is 50.9. The summed E-state index contributed by atoms with van der Waals surface area (Å²) < 4.78 is 2.53. The van der Waals surface area contributed by atoms with Gasteiger partial charge < -0.3 is 9.97 Å². The van der Waals surface area contributed by atoms with Crippen LogP contribution < -0.4 is 5.19 Å². The Kier molecular flexibility index (Phi) is 10.7. The van der Waals surface area contributed by atoms with Crippen molar-refractivity contribution in [3.8, 4) is 44.8 Å². The van der Waals surface area contributed by atoms with Crippen LogP contribution in [0.5, 0.6) is 0 Å². The molecule has 0 unspecified atom stereocenters. The van der Waals surface area contributed by atoms with Gasteiger partial charge in [-0.15, -0.1) is 59.7 Å². The third-order valence-corrected chi connectivity index (χ3v) is 12.2. The molecule has 0 N–H and O–H groups in total.